The molecule has 0 fully saturated rings. The lowest BCUT2D eigenvalue weighted by Gasteiger charge is -2.24. The van der Waals surface area contributed by atoms with Crippen molar-refractivity contribution in [1.29, 1.82) is 0 Å². The average Bonchev–Trinajstić information content (AvgIpc) is 2.35. The van der Waals surface area contributed by atoms with Gasteiger partial charge in [-0.15, -0.1) is 0 Å². The Bertz CT molecular complexity index is 458. The molecule has 1 aromatic carbocycles. The lowest BCUT2D eigenvalue weighted by molar-refractivity contribution is -0.119. The maximum atomic E-state index is 11.4. The summed E-state index contributed by atoms with van der Waals surface area (Å²) in [6.07, 6.45) is 0. The van der Waals surface area contributed by atoms with E-state index in [1.807, 2.05) is 13.8 Å². The van der Waals surface area contributed by atoms with Crippen LogP contribution in [-0.4, -0.2) is 37.1 Å². The molecule has 0 saturated carbocycles. The van der Waals surface area contributed by atoms with Crippen LogP contribution in [-0.2, 0) is 4.79 Å². The zero-order valence-electron chi connectivity index (χ0n) is 10.9. The minimum absolute atomic E-state index is 0.144. The second kappa shape index (κ2) is 6.05. The van der Waals surface area contributed by atoms with E-state index in [1.165, 1.54) is 0 Å². The first-order chi connectivity index (χ1) is 8.49. The number of anilines is 1. The molecular weight excluding hydrogens is 232 g/mol. The van der Waals surface area contributed by atoms with Crippen molar-refractivity contribution < 1.29 is 14.7 Å². The number of nitrogens with one attached hydrogen (secondary N) is 1. The molecule has 0 bridgehead atoms. The summed E-state index contributed by atoms with van der Waals surface area (Å²) in [4.78, 5) is 24.3. The van der Waals surface area contributed by atoms with Gasteiger partial charge in [-0.25, -0.2) is 4.79 Å². The molecule has 2 N–H and O–H groups in total. The number of aryl methyl sites for hydroxylation is 1. The standard InChI is InChI=1S/C13H18N2O3/c1-4-15(8-12(16)14-3)11-7-9(2)5-6-10(11)13(17)18/h5-7H,4,8H2,1-3H3,(H,14,16)(H,17,18). The number of carboxylic acids is 1. The van der Waals surface area contributed by atoms with E-state index in [0.29, 0.717) is 12.2 Å². The highest BCUT2D eigenvalue weighted by atomic mass is 16.4. The Hall–Kier alpha value is -2.04. The molecule has 0 aliphatic carbocycles. The normalized spacial score (nSPS) is 9.94. The zero-order valence-corrected chi connectivity index (χ0v) is 10.9. The molecule has 0 aromatic heterocycles. The molecule has 98 valence electrons. The maximum absolute atomic E-state index is 11.4. The van der Waals surface area contributed by atoms with Gasteiger partial charge in [0.05, 0.1) is 17.8 Å². The number of carbonyl (C=O) groups is 2. The topological polar surface area (TPSA) is 69.6 Å². The fourth-order valence-corrected chi connectivity index (χ4v) is 1.70. The Balaban J connectivity index is 3.14. The van der Waals surface area contributed by atoms with Crippen LogP contribution >= 0.6 is 0 Å². The van der Waals surface area contributed by atoms with Gasteiger partial charge in [-0.05, 0) is 31.5 Å². The third kappa shape index (κ3) is 3.23. The van der Waals surface area contributed by atoms with E-state index in [0.717, 1.165) is 5.56 Å². The number of hydrogen-bond donors (Lipinski definition) is 2. The Labute approximate surface area is 106 Å². The van der Waals surface area contributed by atoms with Gasteiger partial charge in [-0.2, -0.15) is 0 Å². The van der Waals surface area contributed by atoms with Crippen molar-refractivity contribution in [3.05, 3.63) is 29.3 Å². The van der Waals surface area contributed by atoms with E-state index in [2.05, 4.69) is 5.32 Å². The van der Waals surface area contributed by atoms with E-state index in [4.69, 9.17) is 5.11 Å². The Morgan fingerprint density at radius 2 is 2.06 bits per heavy atom. The molecule has 5 nitrogen and oxygen atoms in total. The quantitative estimate of drug-likeness (QED) is 0.825. The fourth-order valence-electron chi connectivity index (χ4n) is 1.70. The van der Waals surface area contributed by atoms with E-state index < -0.39 is 5.97 Å². The molecule has 0 radical (unpaired) electrons. The third-order valence-corrected chi connectivity index (χ3v) is 2.72. The number of benzene rings is 1. The molecule has 0 saturated heterocycles. The van der Waals surface area contributed by atoms with Crippen LogP contribution in [0.4, 0.5) is 5.69 Å². The second-order valence-corrected chi connectivity index (χ2v) is 4.01. The van der Waals surface area contributed by atoms with Gasteiger partial charge in [0.2, 0.25) is 5.91 Å². The number of rotatable bonds is 5. The fraction of sp³-hybridized carbons (Fsp3) is 0.385. The summed E-state index contributed by atoms with van der Waals surface area (Å²) < 4.78 is 0. The van der Waals surface area contributed by atoms with Crippen LogP contribution in [0.1, 0.15) is 22.8 Å². The van der Waals surface area contributed by atoms with Crippen LogP contribution in [0.5, 0.6) is 0 Å². The molecule has 0 heterocycles. The molecule has 0 unspecified atom stereocenters. The van der Waals surface area contributed by atoms with Crippen LogP contribution in [0.15, 0.2) is 18.2 Å². The van der Waals surface area contributed by atoms with Crippen molar-refractivity contribution in [1.82, 2.24) is 5.32 Å². The van der Waals surface area contributed by atoms with Crippen LogP contribution in [0, 0.1) is 6.92 Å². The summed E-state index contributed by atoms with van der Waals surface area (Å²) in [5, 5.41) is 11.7. The van der Waals surface area contributed by atoms with E-state index >= 15 is 0 Å². The van der Waals surface area contributed by atoms with Crippen molar-refractivity contribution in [2.24, 2.45) is 0 Å². The molecular formula is C13H18N2O3. The van der Waals surface area contributed by atoms with Crippen molar-refractivity contribution in [2.45, 2.75) is 13.8 Å². The first kappa shape index (κ1) is 14.0. The lowest BCUT2D eigenvalue weighted by Crippen LogP contribution is -2.36. The minimum Gasteiger partial charge on any atom is -0.478 e. The summed E-state index contributed by atoms with van der Waals surface area (Å²) in [6.45, 7) is 4.49. The summed E-state index contributed by atoms with van der Waals surface area (Å²) in [6, 6.07) is 5.11. The van der Waals surface area contributed by atoms with Gasteiger partial charge in [0.1, 0.15) is 0 Å². The summed E-state index contributed by atoms with van der Waals surface area (Å²) in [5.74, 6) is -1.13. The predicted molar refractivity (Wildman–Crippen MR) is 70.1 cm³/mol. The highest BCUT2D eigenvalue weighted by Crippen LogP contribution is 2.22. The van der Waals surface area contributed by atoms with E-state index in [9.17, 15) is 9.59 Å². The SMILES string of the molecule is CCN(CC(=O)NC)c1cc(C)ccc1C(=O)O. The number of carboxylic acid groups (broad SMARTS) is 1. The molecule has 0 spiro atoms. The molecule has 1 rings (SSSR count). The molecule has 18 heavy (non-hydrogen) atoms. The molecule has 0 aliphatic heterocycles. The minimum atomic E-state index is -0.986. The van der Waals surface area contributed by atoms with Crippen molar-refractivity contribution in [3.8, 4) is 0 Å². The summed E-state index contributed by atoms with van der Waals surface area (Å²) >= 11 is 0. The predicted octanol–water partition coefficient (Wildman–Crippen LogP) is 1.27. The Kier molecular flexibility index (Phi) is 4.71. The average molecular weight is 250 g/mol. The van der Waals surface area contributed by atoms with Gasteiger partial charge in [0, 0.05) is 13.6 Å². The number of carbonyl (C=O) groups excluding carboxylic acids is 1. The van der Waals surface area contributed by atoms with Crippen LogP contribution in [0.2, 0.25) is 0 Å². The molecule has 1 amide bonds. The van der Waals surface area contributed by atoms with Crippen LogP contribution < -0.4 is 10.2 Å². The van der Waals surface area contributed by atoms with Crippen molar-refractivity contribution in [2.75, 3.05) is 25.0 Å². The highest BCUT2D eigenvalue weighted by molar-refractivity contribution is 5.95. The van der Waals surface area contributed by atoms with Crippen LogP contribution in [0.25, 0.3) is 0 Å². The Morgan fingerprint density at radius 1 is 1.39 bits per heavy atom. The summed E-state index contributed by atoms with van der Waals surface area (Å²) in [7, 11) is 1.56. The number of likely N-dealkylation sites (N-methyl/N-ethyl adjacent to an activating group) is 2. The number of hydrogen-bond acceptors (Lipinski definition) is 3. The van der Waals surface area contributed by atoms with Gasteiger partial charge in [-0.1, -0.05) is 6.07 Å². The number of aromatic carboxylic acids is 1. The largest absolute Gasteiger partial charge is 0.478 e. The van der Waals surface area contributed by atoms with Gasteiger partial charge in [0.25, 0.3) is 0 Å². The van der Waals surface area contributed by atoms with Crippen molar-refractivity contribution in [3.63, 3.8) is 0 Å². The monoisotopic (exact) mass is 250 g/mol. The first-order valence-corrected chi connectivity index (χ1v) is 5.79. The van der Waals surface area contributed by atoms with Crippen LogP contribution in [0.3, 0.4) is 0 Å². The zero-order chi connectivity index (χ0) is 13.7. The Morgan fingerprint density at radius 3 is 2.56 bits per heavy atom. The number of amides is 1. The van der Waals surface area contributed by atoms with Gasteiger partial charge in [-0.3, -0.25) is 4.79 Å². The lowest BCUT2D eigenvalue weighted by atomic mass is 10.1. The number of nitrogens with zero attached hydrogens (tertiary/aromatic N) is 1. The van der Waals surface area contributed by atoms with E-state index in [1.54, 1.807) is 30.1 Å². The van der Waals surface area contributed by atoms with Gasteiger partial charge < -0.3 is 15.3 Å². The van der Waals surface area contributed by atoms with Gasteiger partial charge >= 0.3 is 5.97 Å². The molecule has 0 atom stereocenters. The maximum Gasteiger partial charge on any atom is 0.337 e. The molecule has 1 aromatic rings. The first-order valence-electron chi connectivity index (χ1n) is 5.79. The highest BCUT2D eigenvalue weighted by Gasteiger charge is 2.16. The smallest absolute Gasteiger partial charge is 0.337 e. The second-order valence-electron chi connectivity index (χ2n) is 4.01. The molecule has 0 aliphatic rings. The molecule has 5 heteroatoms. The van der Waals surface area contributed by atoms with Gasteiger partial charge in [0.15, 0.2) is 0 Å². The van der Waals surface area contributed by atoms with E-state index in [-0.39, 0.29) is 18.0 Å². The van der Waals surface area contributed by atoms with Crippen molar-refractivity contribution >= 4 is 17.6 Å². The summed E-state index contributed by atoms with van der Waals surface area (Å²) in [5.41, 5.74) is 1.75. The third-order valence-electron chi connectivity index (χ3n) is 2.72.